The zero-order valence-corrected chi connectivity index (χ0v) is 20.2. The quantitative estimate of drug-likeness (QED) is 0.254. The van der Waals surface area contributed by atoms with Crippen LogP contribution < -0.4 is 10.0 Å². The Labute approximate surface area is 208 Å². The summed E-state index contributed by atoms with van der Waals surface area (Å²) < 4.78 is 39.0. The zero-order valence-electron chi connectivity index (χ0n) is 19.3. The average Bonchev–Trinajstić information content (AvgIpc) is 3.25. The highest BCUT2D eigenvalue weighted by Gasteiger charge is 2.25. The third-order valence-corrected chi connectivity index (χ3v) is 7.13. The van der Waals surface area contributed by atoms with Gasteiger partial charge in [0.25, 0.3) is 0 Å². The topological polar surface area (TPSA) is 135 Å². The van der Waals surface area contributed by atoms with Gasteiger partial charge in [-0.25, -0.2) is 13.2 Å². The molecule has 0 fully saturated rings. The van der Waals surface area contributed by atoms with E-state index in [9.17, 15) is 23.1 Å². The van der Waals surface area contributed by atoms with E-state index < -0.39 is 28.1 Å². The van der Waals surface area contributed by atoms with Crippen molar-refractivity contribution < 1.29 is 32.3 Å². The molecule has 0 bridgehead atoms. The molecule has 0 aliphatic rings. The van der Waals surface area contributed by atoms with Crippen molar-refractivity contribution >= 4 is 44.0 Å². The lowest BCUT2D eigenvalue weighted by molar-refractivity contribution is -0.139. The number of para-hydroxylation sites is 1. The average molecular weight is 511 g/mol. The summed E-state index contributed by atoms with van der Waals surface area (Å²) in [6.07, 6.45) is 0.325. The van der Waals surface area contributed by atoms with Gasteiger partial charge in [0.2, 0.25) is 10.0 Å². The molecule has 0 spiro atoms. The molecule has 0 saturated heterocycles. The lowest BCUT2D eigenvalue weighted by atomic mass is 10.1. The van der Waals surface area contributed by atoms with E-state index in [1.807, 2.05) is 48.5 Å². The molecular formula is C26H26N2O7S. The summed E-state index contributed by atoms with van der Waals surface area (Å²) in [4.78, 5) is 23.5. The Morgan fingerprint density at radius 1 is 0.917 bits per heavy atom. The van der Waals surface area contributed by atoms with Gasteiger partial charge in [0.05, 0.1) is 4.90 Å². The number of alkyl carbamates (subject to hydrolysis) is 1. The van der Waals surface area contributed by atoms with Crippen LogP contribution in [0.25, 0.3) is 21.9 Å². The number of carboxylic acids is 1. The normalized spacial score (nSPS) is 12.4. The van der Waals surface area contributed by atoms with Gasteiger partial charge < -0.3 is 19.6 Å². The SMILES string of the molecule is O=C(NCCCCC(NS(=O)(=O)c1ccc2oc3ccccc3c2c1)C(=O)O)OCc1ccccc1. The van der Waals surface area contributed by atoms with E-state index in [0.29, 0.717) is 29.4 Å². The summed E-state index contributed by atoms with van der Waals surface area (Å²) in [6, 6.07) is 19.6. The summed E-state index contributed by atoms with van der Waals surface area (Å²) in [5.41, 5.74) is 2.04. The number of nitrogens with one attached hydrogen (secondary N) is 2. The van der Waals surface area contributed by atoms with Crippen LogP contribution in [-0.2, 0) is 26.2 Å². The Morgan fingerprint density at radius 2 is 1.64 bits per heavy atom. The third kappa shape index (κ3) is 6.21. The number of sulfonamides is 1. The van der Waals surface area contributed by atoms with Crippen LogP contribution in [0.5, 0.6) is 0 Å². The van der Waals surface area contributed by atoms with Crippen molar-refractivity contribution in [3.63, 3.8) is 0 Å². The van der Waals surface area contributed by atoms with Gasteiger partial charge in [0, 0.05) is 17.3 Å². The van der Waals surface area contributed by atoms with Crippen molar-refractivity contribution in [3.05, 3.63) is 78.4 Å². The van der Waals surface area contributed by atoms with Gasteiger partial charge in [-0.3, -0.25) is 4.79 Å². The van der Waals surface area contributed by atoms with E-state index in [-0.39, 0.29) is 24.5 Å². The number of furan rings is 1. The van der Waals surface area contributed by atoms with E-state index in [1.165, 1.54) is 12.1 Å². The van der Waals surface area contributed by atoms with Gasteiger partial charge in [-0.1, -0.05) is 48.5 Å². The van der Waals surface area contributed by atoms with Crippen LogP contribution in [0.1, 0.15) is 24.8 Å². The lowest BCUT2D eigenvalue weighted by Crippen LogP contribution is -2.40. The van der Waals surface area contributed by atoms with Crippen LogP contribution >= 0.6 is 0 Å². The molecule has 36 heavy (non-hydrogen) atoms. The second kappa shape index (κ2) is 11.2. The minimum absolute atomic E-state index is 0.0457. The van der Waals surface area contributed by atoms with Crippen molar-refractivity contribution in [2.24, 2.45) is 0 Å². The van der Waals surface area contributed by atoms with Crippen LogP contribution in [0, 0.1) is 0 Å². The molecule has 1 aromatic heterocycles. The van der Waals surface area contributed by atoms with Gasteiger partial charge in [-0.2, -0.15) is 4.72 Å². The van der Waals surface area contributed by atoms with E-state index in [4.69, 9.17) is 9.15 Å². The number of carboxylic acid groups (broad SMARTS) is 1. The van der Waals surface area contributed by atoms with E-state index in [1.54, 1.807) is 12.1 Å². The molecule has 0 aliphatic carbocycles. The first kappa shape index (κ1) is 25.2. The number of hydrogen-bond acceptors (Lipinski definition) is 6. The Morgan fingerprint density at radius 3 is 2.42 bits per heavy atom. The fourth-order valence-corrected chi connectivity index (χ4v) is 5.05. The van der Waals surface area contributed by atoms with Gasteiger partial charge in [0.1, 0.15) is 23.8 Å². The smallest absolute Gasteiger partial charge is 0.407 e. The molecule has 1 unspecified atom stereocenters. The van der Waals surface area contributed by atoms with E-state index in [0.717, 1.165) is 10.9 Å². The highest BCUT2D eigenvalue weighted by molar-refractivity contribution is 7.89. The number of hydrogen-bond donors (Lipinski definition) is 3. The van der Waals surface area contributed by atoms with Crippen molar-refractivity contribution in [1.82, 2.24) is 10.0 Å². The van der Waals surface area contributed by atoms with Crippen LogP contribution in [0.2, 0.25) is 0 Å². The second-order valence-corrected chi connectivity index (χ2v) is 9.97. The van der Waals surface area contributed by atoms with Crippen LogP contribution in [-0.4, -0.2) is 38.2 Å². The first-order chi connectivity index (χ1) is 17.3. The first-order valence-corrected chi connectivity index (χ1v) is 12.9. The molecule has 0 radical (unpaired) electrons. The summed E-state index contributed by atoms with van der Waals surface area (Å²) in [7, 11) is -4.09. The van der Waals surface area contributed by atoms with E-state index in [2.05, 4.69) is 10.0 Å². The predicted molar refractivity (Wildman–Crippen MR) is 134 cm³/mol. The molecule has 4 rings (SSSR count). The minimum atomic E-state index is -4.09. The fraction of sp³-hybridized carbons (Fsp3) is 0.231. The van der Waals surface area contributed by atoms with Crippen LogP contribution in [0.4, 0.5) is 4.79 Å². The Balaban J connectivity index is 1.29. The summed E-state index contributed by atoms with van der Waals surface area (Å²) >= 11 is 0. The first-order valence-electron chi connectivity index (χ1n) is 11.4. The number of carbonyl (C=O) groups is 2. The molecule has 3 aromatic carbocycles. The lowest BCUT2D eigenvalue weighted by Gasteiger charge is -2.15. The van der Waals surface area contributed by atoms with Gasteiger partial charge in [-0.15, -0.1) is 0 Å². The standard InChI is InChI=1S/C26H26N2O7S/c29-25(30)22(11-6-7-15-27-26(31)34-17-18-8-2-1-3-9-18)28-36(32,33)19-13-14-24-21(16-19)20-10-4-5-12-23(20)35-24/h1-5,8-10,12-14,16,22,28H,6-7,11,15,17H2,(H,27,31)(H,29,30). The number of fused-ring (bicyclic) bond motifs is 3. The fourth-order valence-electron chi connectivity index (χ4n) is 3.80. The number of ether oxygens (including phenoxy) is 1. The Hall–Kier alpha value is -3.89. The number of aliphatic carboxylic acids is 1. The van der Waals surface area contributed by atoms with Crippen LogP contribution in [0.3, 0.4) is 0 Å². The van der Waals surface area contributed by atoms with Crippen LogP contribution in [0.15, 0.2) is 82.1 Å². The molecule has 1 heterocycles. The number of rotatable bonds is 11. The monoisotopic (exact) mass is 510 g/mol. The molecule has 3 N–H and O–H groups in total. The van der Waals surface area contributed by atoms with Crippen molar-refractivity contribution in [2.45, 2.75) is 36.8 Å². The van der Waals surface area contributed by atoms with Crippen molar-refractivity contribution in [1.29, 1.82) is 0 Å². The van der Waals surface area contributed by atoms with Gasteiger partial charge >= 0.3 is 12.1 Å². The molecule has 0 saturated carbocycles. The number of amides is 1. The maximum absolute atomic E-state index is 12.9. The largest absolute Gasteiger partial charge is 0.480 e. The molecule has 10 heteroatoms. The third-order valence-electron chi connectivity index (χ3n) is 5.66. The van der Waals surface area contributed by atoms with Gasteiger partial charge in [-0.05, 0) is 49.1 Å². The molecule has 9 nitrogen and oxygen atoms in total. The van der Waals surface area contributed by atoms with Gasteiger partial charge in [0.15, 0.2) is 0 Å². The highest BCUT2D eigenvalue weighted by atomic mass is 32.2. The maximum Gasteiger partial charge on any atom is 0.407 e. The van der Waals surface area contributed by atoms with Crippen molar-refractivity contribution in [2.75, 3.05) is 6.54 Å². The number of benzene rings is 3. The minimum Gasteiger partial charge on any atom is -0.480 e. The molecular weight excluding hydrogens is 484 g/mol. The molecule has 1 atom stereocenters. The maximum atomic E-state index is 12.9. The summed E-state index contributed by atoms with van der Waals surface area (Å²) in [6.45, 7) is 0.423. The summed E-state index contributed by atoms with van der Waals surface area (Å²) in [5, 5.41) is 13.6. The van der Waals surface area contributed by atoms with E-state index >= 15 is 0 Å². The second-order valence-electron chi connectivity index (χ2n) is 8.25. The predicted octanol–water partition coefficient (Wildman–Crippen LogP) is 4.41. The molecule has 4 aromatic rings. The molecule has 188 valence electrons. The molecule has 1 amide bonds. The summed E-state index contributed by atoms with van der Waals surface area (Å²) in [5.74, 6) is -1.27. The van der Waals surface area contributed by atoms with Crippen molar-refractivity contribution in [3.8, 4) is 0 Å². The zero-order chi connectivity index (χ0) is 25.5. The Bertz CT molecular complexity index is 1470. The molecule has 0 aliphatic heterocycles. The highest BCUT2D eigenvalue weighted by Crippen LogP contribution is 2.30. The Kier molecular flexibility index (Phi) is 7.87. The number of unbranched alkanes of at least 4 members (excludes halogenated alkanes) is 1. The number of carbonyl (C=O) groups excluding carboxylic acids is 1.